The molecule has 0 heterocycles. The highest BCUT2D eigenvalue weighted by atomic mass is 127. The van der Waals surface area contributed by atoms with Crippen LogP contribution in [0.3, 0.4) is 0 Å². The maximum absolute atomic E-state index is 13.2. The quantitative estimate of drug-likeness (QED) is 0.336. The van der Waals surface area contributed by atoms with E-state index in [0.717, 1.165) is 5.56 Å². The van der Waals surface area contributed by atoms with Crippen LogP contribution in [-0.2, 0) is 6.54 Å². The highest BCUT2D eigenvalue weighted by Gasteiger charge is 2.11. The Labute approximate surface area is 169 Å². The molecule has 3 N–H and O–H groups in total. The SMILES string of the molecule is CCNC(=NCc1cccc(F)c1)NCC(O)c1ccccc1Cl.I. The van der Waals surface area contributed by atoms with Gasteiger partial charge in [-0.2, -0.15) is 0 Å². The Morgan fingerprint density at radius 3 is 2.64 bits per heavy atom. The molecular formula is C18H22ClFIN3O. The summed E-state index contributed by atoms with van der Waals surface area (Å²) < 4.78 is 13.2. The van der Waals surface area contributed by atoms with E-state index < -0.39 is 6.10 Å². The summed E-state index contributed by atoms with van der Waals surface area (Å²) in [7, 11) is 0. The number of aliphatic imine (C=N–C) groups is 1. The first-order valence-corrected chi connectivity index (χ1v) is 8.17. The maximum Gasteiger partial charge on any atom is 0.191 e. The normalized spacial score (nSPS) is 12.2. The molecule has 1 unspecified atom stereocenters. The van der Waals surface area contributed by atoms with Gasteiger partial charge in [0.05, 0.1) is 12.6 Å². The lowest BCUT2D eigenvalue weighted by Crippen LogP contribution is -2.39. The second-order valence-corrected chi connectivity index (χ2v) is 5.65. The highest BCUT2D eigenvalue weighted by Crippen LogP contribution is 2.21. The molecule has 0 fully saturated rings. The summed E-state index contributed by atoms with van der Waals surface area (Å²) in [5.41, 5.74) is 1.44. The van der Waals surface area contributed by atoms with Crippen molar-refractivity contribution in [1.82, 2.24) is 10.6 Å². The van der Waals surface area contributed by atoms with E-state index >= 15 is 0 Å². The minimum atomic E-state index is -0.753. The van der Waals surface area contributed by atoms with Crippen LogP contribution in [0.4, 0.5) is 4.39 Å². The average Bonchev–Trinajstić information content (AvgIpc) is 2.57. The fraction of sp³-hybridized carbons (Fsp3) is 0.278. The molecule has 0 aromatic heterocycles. The maximum atomic E-state index is 13.2. The molecule has 2 aromatic rings. The third-order valence-corrected chi connectivity index (χ3v) is 3.72. The predicted octanol–water partition coefficient (Wildman–Crippen LogP) is 3.89. The zero-order chi connectivity index (χ0) is 17.4. The summed E-state index contributed by atoms with van der Waals surface area (Å²) in [5.74, 6) is 0.266. The topological polar surface area (TPSA) is 56.7 Å². The van der Waals surface area contributed by atoms with Crippen molar-refractivity contribution in [3.63, 3.8) is 0 Å². The number of aliphatic hydroxyl groups excluding tert-OH is 1. The summed E-state index contributed by atoms with van der Waals surface area (Å²) in [6, 6.07) is 13.5. The monoisotopic (exact) mass is 477 g/mol. The lowest BCUT2D eigenvalue weighted by atomic mass is 10.1. The summed E-state index contributed by atoms with van der Waals surface area (Å²) in [4.78, 5) is 4.40. The average molecular weight is 478 g/mol. The van der Waals surface area contributed by atoms with Crippen molar-refractivity contribution >= 4 is 41.5 Å². The largest absolute Gasteiger partial charge is 0.387 e. The Morgan fingerprint density at radius 2 is 1.96 bits per heavy atom. The van der Waals surface area contributed by atoms with Gasteiger partial charge < -0.3 is 15.7 Å². The van der Waals surface area contributed by atoms with Gasteiger partial charge in [0, 0.05) is 23.7 Å². The van der Waals surface area contributed by atoms with E-state index in [4.69, 9.17) is 11.6 Å². The van der Waals surface area contributed by atoms with E-state index in [0.29, 0.717) is 29.6 Å². The van der Waals surface area contributed by atoms with Crippen molar-refractivity contribution in [2.45, 2.75) is 19.6 Å². The Bertz CT molecular complexity index is 700. The molecule has 0 aliphatic heterocycles. The molecule has 0 amide bonds. The fourth-order valence-corrected chi connectivity index (χ4v) is 2.46. The molecule has 0 aliphatic carbocycles. The first-order valence-electron chi connectivity index (χ1n) is 7.79. The first kappa shape index (κ1) is 21.7. The van der Waals surface area contributed by atoms with Crippen molar-refractivity contribution in [3.05, 3.63) is 70.5 Å². The van der Waals surface area contributed by atoms with Crippen LogP contribution in [0.1, 0.15) is 24.2 Å². The summed E-state index contributed by atoms with van der Waals surface area (Å²) in [5, 5.41) is 16.9. The van der Waals surface area contributed by atoms with Crippen LogP contribution in [0.5, 0.6) is 0 Å². The molecule has 0 saturated heterocycles. The number of benzene rings is 2. The lowest BCUT2D eigenvalue weighted by molar-refractivity contribution is 0.181. The van der Waals surface area contributed by atoms with Gasteiger partial charge in [-0.15, -0.1) is 24.0 Å². The fourth-order valence-electron chi connectivity index (χ4n) is 2.20. The number of halogens is 3. The molecule has 0 aliphatic rings. The molecule has 4 nitrogen and oxygen atoms in total. The van der Waals surface area contributed by atoms with Gasteiger partial charge in [-0.25, -0.2) is 9.38 Å². The standard InChI is InChI=1S/C18H21ClFN3O.HI/c1-2-21-18(22-11-13-6-5-7-14(20)10-13)23-12-17(24)15-8-3-4-9-16(15)19;/h3-10,17,24H,2,11-12H2,1H3,(H2,21,22,23);1H. The van der Waals surface area contributed by atoms with E-state index in [2.05, 4.69) is 15.6 Å². The van der Waals surface area contributed by atoms with Crippen LogP contribution in [0.25, 0.3) is 0 Å². The van der Waals surface area contributed by atoms with Gasteiger partial charge in [-0.05, 0) is 30.7 Å². The van der Waals surface area contributed by atoms with Crippen LogP contribution < -0.4 is 10.6 Å². The third kappa shape index (κ3) is 7.17. The lowest BCUT2D eigenvalue weighted by Gasteiger charge is -2.16. The molecule has 0 bridgehead atoms. The number of guanidine groups is 1. The van der Waals surface area contributed by atoms with Gasteiger partial charge in [0.2, 0.25) is 0 Å². The van der Waals surface area contributed by atoms with Gasteiger partial charge in [0.15, 0.2) is 5.96 Å². The van der Waals surface area contributed by atoms with Crippen molar-refractivity contribution in [1.29, 1.82) is 0 Å². The zero-order valence-corrected chi connectivity index (χ0v) is 17.0. The predicted molar refractivity (Wildman–Crippen MR) is 111 cm³/mol. The smallest absolute Gasteiger partial charge is 0.191 e. The summed E-state index contributed by atoms with van der Waals surface area (Å²) >= 11 is 6.08. The molecule has 7 heteroatoms. The Morgan fingerprint density at radius 1 is 1.20 bits per heavy atom. The van der Waals surface area contributed by atoms with E-state index in [1.54, 1.807) is 18.2 Å². The number of nitrogens with zero attached hydrogens (tertiary/aromatic N) is 1. The Hall–Kier alpha value is -1.38. The summed E-state index contributed by atoms with van der Waals surface area (Å²) in [6.45, 7) is 3.23. The highest BCUT2D eigenvalue weighted by molar-refractivity contribution is 14.0. The van der Waals surface area contributed by atoms with Crippen LogP contribution in [0.15, 0.2) is 53.5 Å². The van der Waals surface area contributed by atoms with E-state index in [1.807, 2.05) is 25.1 Å². The third-order valence-electron chi connectivity index (χ3n) is 3.38. The van der Waals surface area contributed by atoms with Gasteiger partial charge >= 0.3 is 0 Å². The second kappa shape index (κ2) is 11.3. The molecule has 136 valence electrons. The minimum absolute atomic E-state index is 0. The molecule has 0 radical (unpaired) electrons. The number of nitrogens with one attached hydrogen (secondary N) is 2. The second-order valence-electron chi connectivity index (χ2n) is 5.24. The van der Waals surface area contributed by atoms with Crippen LogP contribution >= 0.6 is 35.6 Å². The molecule has 0 saturated carbocycles. The molecule has 1 atom stereocenters. The molecule has 25 heavy (non-hydrogen) atoms. The van der Waals surface area contributed by atoms with E-state index in [9.17, 15) is 9.50 Å². The van der Waals surface area contributed by atoms with Gasteiger partial charge in [-0.1, -0.05) is 41.9 Å². The number of aliphatic hydroxyl groups is 1. The van der Waals surface area contributed by atoms with Gasteiger partial charge in [0.1, 0.15) is 5.82 Å². The van der Waals surface area contributed by atoms with E-state index in [1.165, 1.54) is 12.1 Å². The molecule has 0 spiro atoms. The molecular weight excluding hydrogens is 456 g/mol. The minimum Gasteiger partial charge on any atom is -0.387 e. The number of hydrogen-bond acceptors (Lipinski definition) is 2. The van der Waals surface area contributed by atoms with Crippen molar-refractivity contribution in [2.75, 3.05) is 13.1 Å². The Balaban J connectivity index is 0.00000312. The van der Waals surface area contributed by atoms with Crippen molar-refractivity contribution in [2.24, 2.45) is 4.99 Å². The van der Waals surface area contributed by atoms with Crippen molar-refractivity contribution in [3.8, 4) is 0 Å². The first-order chi connectivity index (χ1) is 11.6. The van der Waals surface area contributed by atoms with Crippen LogP contribution in [-0.4, -0.2) is 24.2 Å². The number of hydrogen-bond donors (Lipinski definition) is 3. The van der Waals surface area contributed by atoms with Crippen molar-refractivity contribution < 1.29 is 9.50 Å². The van der Waals surface area contributed by atoms with Crippen LogP contribution in [0, 0.1) is 5.82 Å². The van der Waals surface area contributed by atoms with Crippen LogP contribution in [0.2, 0.25) is 5.02 Å². The zero-order valence-electron chi connectivity index (χ0n) is 13.9. The summed E-state index contributed by atoms with van der Waals surface area (Å²) in [6.07, 6.45) is -0.753. The number of rotatable bonds is 6. The van der Waals surface area contributed by atoms with E-state index in [-0.39, 0.29) is 36.3 Å². The molecule has 2 rings (SSSR count). The Kier molecular flexibility index (Phi) is 9.77. The van der Waals surface area contributed by atoms with Gasteiger partial charge in [-0.3, -0.25) is 0 Å². The van der Waals surface area contributed by atoms with Gasteiger partial charge in [0.25, 0.3) is 0 Å². The molecule has 2 aromatic carbocycles.